The summed E-state index contributed by atoms with van der Waals surface area (Å²) >= 11 is 3.52. The lowest BCUT2D eigenvalue weighted by Crippen LogP contribution is -2.37. The predicted molar refractivity (Wildman–Crippen MR) is 108 cm³/mol. The molecule has 138 valence electrons. The second-order valence-corrected chi connectivity index (χ2v) is 7.51. The van der Waals surface area contributed by atoms with Gasteiger partial charge in [-0.25, -0.2) is 0 Å². The zero-order chi connectivity index (χ0) is 18.4. The van der Waals surface area contributed by atoms with Crippen LogP contribution in [0.15, 0.2) is 53.0 Å². The third kappa shape index (κ3) is 5.08. The quantitative estimate of drug-likeness (QED) is 0.741. The van der Waals surface area contributed by atoms with Crippen molar-refractivity contribution in [1.29, 1.82) is 0 Å². The maximum Gasteiger partial charge on any atom is 0.227 e. The Morgan fingerprint density at radius 3 is 2.69 bits per heavy atom. The Bertz CT molecular complexity index is 742. The van der Waals surface area contributed by atoms with E-state index in [2.05, 4.69) is 44.3 Å². The average Bonchev–Trinajstić information content (AvgIpc) is 2.64. The van der Waals surface area contributed by atoms with E-state index in [-0.39, 0.29) is 11.8 Å². The number of halogens is 1. The van der Waals surface area contributed by atoms with Gasteiger partial charge in [-0.3, -0.25) is 9.69 Å². The van der Waals surface area contributed by atoms with Crippen LogP contribution < -0.4 is 10.1 Å². The number of anilines is 1. The van der Waals surface area contributed by atoms with E-state index in [0.717, 1.165) is 48.4 Å². The van der Waals surface area contributed by atoms with Gasteiger partial charge in [-0.05, 0) is 62.7 Å². The van der Waals surface area contributed by atoms with Crippen molar-refractivity contribution >= 4 is 27.5 Å². The van der Waals surface area contributed by atoms with E-state index in [0.29, 0.717) is 6.61 Å². The number of carbonyl (C=O) groups excluding carboxylic acids is 1. The molecule has 0 aliphatic carbocycles. The van der Waals surface area contributed by atoms with Gasteiger partial charge in [0.05, 0.1) is 12.3 Å². The van der Waals surface area contributed by atoms with Gasteiger partial charge in [0.1, 0.15) is 5.75 Å². The van der Waals surface area contributed by atoms with Crippen molar-refractivity contribution in [2.75, 3.05) is 25.0 Å². The van der Waals surface area contributed by atoms with Gasteiger partial charge in [-0.2, -0.15) is 0 Å². The first-order valence-corrected chi connectivity index (χ1v) is 9.94. The molecule has 1 amide bonds. The first kappa shape index (κ1) is 18.9. The number of amides is 1. The molecule has 1 N–H and O–H groups in total. The van der Waals surface area contributed by atoms with Crippen LogP contribution in [0.5, 0.6) is 5.75 Å². The van der Waals surface area contributed by atoms with Gasteiger partial charge in [-0.15, -0.1) is 0 Å². The zero-order valence-corrected chi connectivity index (χ0v) is 16.7. The molecule has 1 saturated heterocycles. The summed E-state index contributed by atoms with van der Waals surface area (Å²) in [6, 6.07) is 16.0. The summed E-state index contributed by atoms with van der Waals surface area (Å²) in [7, 11) is 0. The summed E-state index contributed by atoms with van der Waals surface area (Å²) < 4.78 is 6.70. The largest absolute Gasteiger partial charge is 0.492 e. The van der Waals surface area contributed by atoms with Gasteiger partial charge in [-0.1, -0.05) is 40.2 Å². The summed E-state index contributed by atoms with van der Waals surface area (Å²) in [4.78, 5) is 15.1. The second-order valence-electron chi connectivity index (χ2n) is 6.60. The standard InChI is InChI=1S/C21H25BrN2O2/c1-2-26-20-9-4-3-8-19(20)23-21(25)17-10-12-24(13-11-17)15-16-6-5-7-18(22)14-16/h3-9,14,17H,2,10-13,15H2,1H3,(H,23,25). The molecule has 1 aliphatic heterocycles. The van der Waals surface area contributed by atoms with Gasteiger partial charge in [0.2, 0.25) is 5.91 Å². The third-order valence-electron chi connectivity index (χ3n) is 4.70. The molecule has 2 aromatic carbocycles. The van der Waals surface area contributed by atoms with Gasteiger partial charge in [0.15, 0.2) is 0 Å². The molecule has 0 spiro atoms. The van der Waals surface area contributed by atoms with Gasteiger partial charge in [0.25, 0.3) is 0 Å². The monoisotopic (exact) mass is 416 g/mol. The Kier molecular flexibility index (Phi) is 6.69. The lowest BCUT2D eigenvalue weighted by atomic mass is 9.95. The van der Waals surface area contributed by atoms with Crippen molar-refractivity contribution in [3.8, 4) is 5.75 Å². The molecule has 0 atom stereocenters. The maximum atomic E-state index is 12.6. The molecule has 4 nitrogen and oxygen atoms in total. The molecule has 0 radical (unpaired) electrons. The van der Waals surface area contributed by atoms with Crippen molar-refractivity contribution in [1.82, 2.24) is 4.90 Å². The number of hydrogen-bond acceptors (Lipinski definition) is 3. The second kappa shape index (κ2) is 9.19. The topological polar surface area (TPSA) is 41.6 Å². The van der Waals surface area contributed by atoms with Crippen LogP contribution >= 0.6 is 15.9 Å². The van der Waals surface area contributed by atoms with Crippen LogP contribution in [0.25, 0.3) is 0 Å². The number of ether oxygens (including phenoxy) is 1. The highest BCUT2D eigenvalue weighted by Crippen LogP contribution is 2.26. The predicted octanol–water partition coefficient (Wildman–Crippen LogP) is 4.70. The van der Waals surface area contributed by atoms with Crippen LogP contribution in [0.1, 0.15) is 25.3 Å². The number of carbonyl (C=O) groups is 1. The minimum Gasteiger partial charge on any atom is -0.492 e. The third-order valence-corrected chi connectivity index (χ3v) is 5.19. The van der Waals surface area contributed by atoms with Crippen LogP contribution in [0.3, 0.4) is 0 Å². The average molecular weight is 417 g/mol. The number of nitrogens with zero attached hydrogens (tertiary/aromatic N) is 1. The fourth-order valence-corrected chi connectivity index (χ4v) is 3.78. The molecule has 1 fully saturated rings. The number of likely N-dealkylation sites (tertiary alicyclic amines) is 1. The number of nitrogens with one attached hydrogen (secondary N) is 1. The first-order valence-electron chi connectivity index (χ1n) is 9.15. The van der Waals surface area contributed by atoms with Crippen LogP contribution in [-0.4, -0.2) is 30.5 Å². The molecule has 0 unspecified atom stereocenters. The molecular weight excluding hydrogens is 392 g/mol. The first-order chi connectivity index (χ1) is 12.7. The van der Waals surface area contributed by atoms with Crippen molar-refractivity contribution in [2.45, 2.75) is 26.3 Å². The SMILES string of the molecule is CCOc1ccccc1NC(=O)C1CCN(Cc2cccc(Br)c2)CC1. The number of para-hydroxylation sites is 2. The van der Waals surface area contributed by atoms with Crippen molar-refractivity contribution in [2.24, 2.45) is 5.92 Å². The Morgan fingerprint density at radius 2 is 1.96 bits per heavy atom. The van der Waals surface area contributed by atoms with Crippen molar-refractivity contribution in [3.63, 3.8) is 0 Å². The van der Waals surface area contributed by atoms with E-state index in [1.54, 1.807) is 0 Å². The summed E-state index contributed by atoms with van der Waals surface area (Å²) in [5, 5.41) is 3.05. The maximum absolute atomic E-state index is 12.6. The van der Waals surface area contributed by atoms with E-state index >= 15 is 0 Å². The Hall–Kier alpha value is -1.85. The molecule has 3 rings (SSSR count). The Morgan fingerprint density at radius 1 is 1.19 bits per heavy atom. The fourth-order valence-electron chi connectivity index (χ4n) is 3.33. The Balaban J connectivity index is 1.52. The van der Waals surface area contributed by atoms with Crippen LogP contribution in [0.2, 0.25) is 0 Å². The summed E-state index contributed by atoms with van der Waals surface area (Å²) in [6.07, 6.45) is 1.77. The summed E-state index contributed by atoms with van der Waals surface area (Å²) in [6.45, 7) is 5.34. The van der Waals surface area contributed by atoms with E-state index in [1.165, 1.54) is 5.56 Å². The highest BCUT2D eigenvalue weighted by Gasteiger charge is 2.25. The Labute approximate surface area is 163 Å². The van der Waals surface area contributed by atoms with E-state index < -0.39 is 0 Å². The molecule has 26 heavy (non-hydrogen) atoms. The van der Waals surface area contributed by atoms with Gasteiger partial charge >= 0.3 is 0 Å². The number of benzene rings is 2. The smallest absolute Gasteiger partial charge is 0.227 e. The van der Waals surface area contributed by atoms with E-state index in [9.17, 15) is 4.79 Å². The van der Waals surface area contributed by atoms with Crippen LogP contribution in [0, 0.1) is 5.92 Å². The molecule has 0 aromatic heterocycles. The number of rotatable bonds is 6. The highest BCUT2D eigenvalue weighted by molar-refractivity contribution is 9.10. The minimum atomic E-state index is 0.0587. The zero-order valence-electron chi connectivity index (χ0n) is 15.1. The van der Waals surface area contributed by atoms with Gasteiger partial charge < -0.3 is 10.1 Å². The molecule has 2 aromatic rings. The van der Waals surface area contributed by atoms with Crippen LogP contribution in [0.4, 0.5) is 5.69 Å². The molecular formula is C21H25BrN2O2. The van der Waals surface area contributed by atoms with Crippen molar-refractivity contribution in [3.05, 3.63) is 58.6 Å². The molecule has 0 bridgehead atoms. The number of piperidine rings is 1. The van der Waals surface area contributed by atoms with Crippen LogP contribution in [-0.2, 0) is 11.3 Å². The summed E-state index contributed by atoms with van der Waals surface area (Å²) in [5.41, 5.74) is 2.06. The molecule has 1 aliphatic rings. The van der Waals surface area contributed by atoms with Crippen molar-refractivity contribution < 1.29 is 9.53 Å². The fraction of sp³-hybridized carbons (Fsp3) is 0.381. The normalized spacial score (nSPS) is 15.6. The summed E-state index contributed by atoms with van der Waals surface area (Å²) in [5.74, 6) is 0.887. The number of hydrogen-bond donors (Lipinski definition) is 1. The lowest BCUT2D eigenvalue weighted by Gasteiger charge is -2.31. The minimum absolute atomic E-state index is 0.0587. The molecule has 1 heterocycles. The lowest BCUT2D eigenvalue weighted by molar-refractivity contribution is -0.121. The molecule has 5 heteroatoms. The van der Waals surface area contributed by atoms with E-state index in [4.69, 9.17) is 4.74 Å². The highest BCUT2D eigenvalue weighted by atomic mass is 79.9. The molecule has 0 saturated carbocycles. The van der Waals surface area contributed by atoms with E-state index in [1.807, 2.05) is 37.3 Å². The van der Waals surface area contributed by atoms with Gasteiger partial charge in [0, 0.05) is 16.9 Å².